The van der Waals surface area contributed by atoms with Crippen molar-refractivity contribution in [2.75, 3.05) is 0 Å². The van der Waals surface area contributed by atoms with E-state index in [9.17, 15) is 14.4 Å². The average Bonchev–Trinajstić information content (AvgIpc) is 3.16. The Bertz CT molecular complexity index is 1150. The number of aliphatic carboxylic acids is 5. The van der Waals surface area contributed by atoms with Gasteiger partial charge in [0.15, 0.2) is 17.2 Å². The third-order valence-corrected chi connectivity index (χ3v) is 9.29. The molecule has 0 saturated heterocycles. The first-order valence-corrected chi connectivity index (χ1v) is 15.6. The number of Topliss-reactive ketones (excluding diaryl/α,β-unsaturated/α-hetero) is 1. The molecule has 3 fully saturated rings. The largest absolute Gasteiger partial charge is 0.481 e. The number of hydrogen-bond donors (Lipinski definition) is 5. The van der Waals surface area contributed by atoms with Crippen molar-refractivity contribution in [2.24, 2.45) is 34.5 Å². The predicted molar refractivity (Wildman–Crippen MR) is 173 cm³/mol. The summed E-state index contributed by atoms with van der Waals surface area (Å²) in [5.41, 5.74) is 0.218. The molecule has 0 bridgehead atoms. The van der Waals surface area contributed by atoms with E-state index in [2.05, 4.69) is 20.8 Å². The van der Waals surface area contributed by atoms with Gasteiger partial charge in [-0.15, -0.1) is 0 Å². The minimum absolute atomic E-state index is 0.00469. The number of carbonyl (C=O) groups excluding carboxylic acids is 3. The molecule has 0 aliphatic heterocycles. The second-order valence-electron chi connectivity index (χ2n) is 13.1. The van der Waals surface area contributed by atoms with E-state index in [4.69, 9.17) is 54.2 Å². The summed E-state index contributed by atoms with van der Waals surface area (Å²) < 4.78 is 5.84. The van der Waals surface area contributed by atoms with Crippen LogP contribution in [0.2, 0.25) is 0 Å². The SMILES string of the molecule is CC(=O)O.CC(=O)O.CC(=O)O.CC(=O)O.CC(=O)O.CC(=O)O[C@]1(C(C)=O)CC[C@H]2[C@@H]3C[C@H](C)C4=CC(=O)CC[C@]4(C)[C@H]3CC[C@@]21C. The molecular formula is C34H54O14. The van der Waals surface area contributed by atoms with Crippen molar-refractivity contribution in [1.82, 2.24) is 0 Å². The van der Waals surface area contributed by atoms with Crippen LogP contribution in [-0.4, -0.2) is 78.5 Å². The van der Waals surface area contributed by atoms with Gasteiger partial charge in [-0.1, -0.05) is 26.3 Å². The summed E-state index contributed by atoms with van der Waals surface area (Å²) in [6, 6.07) is 0. The van der Waals surface area contributed by atoms with Crippen molar-refractivity contribution < 1.29 is 68.6 Å². The van der Waals surface area contributed by atoms with E-state index in [1.807, 2.05) is 6.08 Å². The number of allylic oxidation sites excluding steroid dienone is 1. The first kappa shape index (κ1) is 46.0. The quantitative estimate of drug-likeness (QED) is 0.237. The Balaban J connectivity index is 0. The normalized spacial score (nSPS) is 30.3. The lowest BCUT2D eigenvalue weighted by Gasteiger charge is -2.60. The second kappa shape index (κ2) is 19.7. The van der Waals surface area contributed by atoms with Crippen molar-refractivity contribution in [3.63, 3.8) is 0 Å². The molecule has 48 heavy (non-hydrogen) atoms. The summed E-state index contributed by atoms with van der Waals surface area (Å²) >= 11 is 0. The molecule has 0 aromatic heterocycles. The molecule has 14 nitrogen and oxygen atoms in total. The summed E-state index contributed by atoms with van der Waals surface area (Å²) in [4.78, 5) is 81.8. The fourth-order valence-corrected chi connectivity index (χ4v) is 8.05. The van der Waals surface area contributed by atoms with Gasteiger partial charge in [-0.05, 0) is 80.6 Å². The van der Waals surface area contributed by atoms with Crippen LogP contribution in [0.15, 0.2) is 11.6 Å². The number of carbonyl (C=O) groups is 8. The summed E-state index contributed by atoms with van der Waals surface area (Å²) in [6.45, 7) is 15.3. The highest BCUT2D eigenvalue weighted by atomic mass is 16.6. The number of carboxylic acids is 5. The molecule has 0 spiro atoms. The lowest BCUT2D eigenvalue weighted by atomic mass is 9.44. The van der Waals surface area contributed by atoms with Crippen LogP contribution in [0.3, 0.4) is 0 Å². The first-order chi connectivity index (χ1) is 21.7. The number of carboxylic acid groups (broad SMARTS) is 5. The van der Waals surface area contributed by atoms with Gasteiger partial charge >= 0.3 is 5.97 Å². The van der Waals surface area contributed by atoms with E-state index < -0.39 is 35.4 Å². The van der Waals surface area contributed by atoms with Gasteiger partial charge in [-0.3, -0.25) is 38.4 Å². The van der Waals surface area contributed by atoms with Crippen LogP contribution in [0.5, 0.6) is 0 Å². The maximum atomic E-state index is 12.8. The molecule has 0 aromatic carbocycles. The fourth-order valence-electron chi connectivity index (χ4n) is 8.05. The zero-order valence-corrected chi connectivity index (χ0v) is 29.7. The smallest absolute Gasteiger partial charge is 0.303 e. The molecule has 274 valence electrons. The summed E-state index contributed by atoms with van der Waals surface area (Å²) in [5.74, 6) is -2.34. The predicted octanol–water partition coefficient (Wildman–Crippen LogP) is 5.11. The second-order valence-corrected chi connectivity index (χ2v) is 13.1. The van der Waals surface area contributed by atoms with Gasteiger partial charge in [0.1, 0.15) is 0 Å². The molecule has 4 aliphatic carbocycles. The van der Waals surface area contributed by atoms with Gasteiger partial charge in [-0.2, -0.15) is 0 Å². The Labute approximate surface area is 281 Å². The molecule has 3 saturated carbocycles. The van der Waals surface area contributed by atoms with Gasteiger partial charge in [-0.25, -0.2) is 0 Å². The molecule has 4 rings (SSSR count). The molecule has 0 radical (unpaired) electrons. The van der Waals surface area contributed by atoms with Crippen molar-refractivity contribution >= 4 is 47.4 Å². The molecule has 14 heteroatoms. The summed E-state index contributed by atoms with van der Waals surface area (Å²) in [5, 5.41) is 37.1. The number of ketones is 2. The maximum absolute atomic E-state index is 12.8. The van der Waals surface area contributed by atoms with Crippen LogP contribution >= 0.6 is 0 Å². The molecular weight excluding hydrogens is 632 g/mol. The highest BCUT2D eigenvalue weighted by Gasteiger charge is 2.68. The van der Waals surface area contributed by atoms with Crippen molar-refractivity contribution in [1.29, 1.82) is 0 Å². The molecule has 0 heterocycles. The van der Waals surface area contributed by atoms with Crippen LogP contribution in [-0.2, 0) is 43.1 Å². The van der Waals surface area contributed by atoms with E-state index in [-0.39, 0.29) is 28.4 Å². The van der Waals surface area contributed by atoms with E-state index in [0.717, 1.165) is 66.7 Å². The van der Waals surface area contributed by atoms with E-state index in [1.165, 1.54) is 12.5 Å². The standard InChI is InChI=1S/C24H34O4.5C2H4O2/c1-14-12-18-19(22(4)9-6-17(27)13-21(14)22)7-10-23(5)20(18)8-11-24(23,15(2)25)28-16(3)26;5*1-2(3)4/h13-14,18-20H,6-12H2,1-5H3;5*1H3,(H,3,4)/t14-,18+,19-,20-,22+,23-,24-;;;;;/m0...../s1. The van der Waals surface area contributed by atoms with Crippen LogP contribution in [0.1, 0.15) is 114 Å². The summed E-state index contributed by atoms with van der Waals surface area (Å²) in [6.07, 6.45) is 8.19. The van der Waals surface area contributed by atoms with Gasteiger partial charge in [0, 0.05) is 53.4 Å². The lowest BCUT2D eigenvalue weighted by Crippen LogP contribution is -2.59. The number of ether oxygens (including phenoxy) is 1. The lowest BCUT2D eigenvalue weighted by molar-refractivity contribution is -0.187. The Kier molecular flexibility index (Phi) is 18.8. The molecule has 0 amide bonds. The van der Waals surface area contributed by atoms with Gasteiger partial charge in [0.25, 0.3) is 29.8 Å². The van der Waals surface area contributed by atoms with Crippen LogP contribution < -0.4 is 0 Å². The van der Waals surface area contributed by atoms with Crippen molar-refractivity contribution in [3.8, 4) is 0 Å². The molecule has 0 unspecified atom stereocenters. The van der Waals surface area contributed by atoms with Crippen molar-refractivity contribution in [2.45, 2.75) is 120 Å². The minimum atomic E-state index is -0.961. The van der Waals surface area contributed by atoms with E-state index in [1.54, 1.807) is 6.92 Å². The monoisotopic (exact) mass is 686 g/mol. The molecule has 0 aromatic rings. The highest BCUT2D eigenvalue weighted by molar-refractivity contribution is 5.92. The van der Waals surface area contributed by atoms with Gasteiger partial charge in [0.05, 0.1) is 0 Å². The number of fused-ring (bicyclic) bond motifs is 5. The Hall–Kier alpha value is -4.10. The van der Waals surface area contributed by atoms with Crippen LogP contribution in [0.4, 0.5) is 0 Å². The highest BCUT2D eigenvalue weighted by Crippen LogP contribution is 2.69. The first-order valence-electron chi connectivity index (χ1n) is 15.6. The Morgan fingerprint density at radius 1 is 0.688 bits per heavy atom. The van der Waals surface area contributed by atoms with E-state index >= 15 is 0 Å². The fraction of sp³-hybridized carbons (Fsp3) is 0.706. The maximum Gasteiger partial charge on any atom is 0.303 e. The molecule has 5 N–H and O–H groups in total. The van der Waals surface area contributed by atoms with Gasteiger partial charge < -0.3 is 30.3 Å². The zero-order valence-electron chi connectivity index (χ0n) is 29.7. The average molecular weight is 687 g/mol. The topological polar surface area (TPSA) is 247 Å². The third kappa shape index (κ3) is 13.6. The van der Waals surface area contributed by atoms with Crippen LogP contribution in [0, 0.1) is 34.5 Å². The third-order valence-electron chi connectivity index (χ3n) is 9.29. The van der Waals surface area contributed by atoms with Gasteiger partial charge in [0.2, 0.25) is 0 Å². The Morgan fingerprint density at radius 3 is 1.46 bits per heavy atom. The Morgan fingerprint density at radius 2 is 1.08 bits per heavy atom. The minimum Gasteiger partial charge on any atom is -0.481 e. The molecule has 4 aliphatic rings. The van der Waals surface area contributed by atoms with Crippen LogP contribution in [0.25, 0.3) is 0 Å². The number of rotatable bonds is 2. The zero-order chi connectivity index (χ0) is 38.4. The number of hydrogen-bond acceptors (Lipinski definition) is 9. The summed E-state index contributed by atoms with van der Waals surface area (Å²) in [7, 11) is 0. The molecule has 7 atom stereocenters. The number of esters is 1. The van der Waals surface area contributed by atoms with Crippen molar-refractivity contribution in [3.05, 3.63) is 11.6 Å². The van der Waals surface area contributed by atoms with E-state index in [0.29, 0.717) is 36.5 Å².